The van der Waals surface area contributed by atoms with E-state index in [1.807, 2.05) is 67.3 Å². The summed E-state index contributed by atoms with van der Waals surface area (Å²) in [5.74, 6) is 0.945. The van der Waals surface area contributed by atoms with Crippen molar-refractivity contribution in [1.82, 2.24) is 0 Å². The van der Waals surface area contributed by atoms with Gasteiger partial charge in [-0.15, -0.1) is 0 Å². The molecule has 176 valence electrons. The van der Waals surface area contributed by atoms with Gasteiger partial charge < -0.3 is 19.7 Å². The van der Waals surface area contributed by atoms with E-state index in [4.69, 9.17) is 9.47 Å². The molecule has 2 aromatic rings. The summed E-state index contributed by atoms with van der Waals surface area (Å²) in [6.07, 6.45) is 1.27. The normalized spacial score (nSPS) is 19.4. The zero-order valence-corrected chi connectivity index (χ0v) is 20.0. The van der Waals surface area contributed by atoms with Gasteiger partial charge in [0.1, 0.15) is 12.4 Å². The summed E-state index contributed by atoms with van der Waals surface area (Å²) in [5, 5.41) is 3.13. The molecule has 2 amide bonds. The SMILES string of the molecule is CC(C)CN1C(=O)C(C)(C)COc2cc(NC(=O)C3(c4ccccc4)CCOCC3)ccc21. The van der Waals surface area contributed by atoms with Gasteiger partial charge in [0, 0.05) is 31.5 Å². The Hall–Kier alpha value is -2.86. The van der Waals surface area contributed by atoms with Crippen LogP contribution in [-0.4, -0.2) is 38.2 Å². The Labute approximate surface area is 196 Å². The molecule has 0 aromatic heterocycles. The van der Waals surface area contributed by atoms with E-state index in [9.17, 15) is 9.59 Å². The van der Waals surface area contributed by atoms with Crippen molar-refractivity contribution in [2.45, 2.75) is 46.0 Å². The molecule has 6 nitrogen and oxygen atoms in total. The molecule has 1 saturated heterocycles. The number of carbonyl (C=O) groups excluding carboxylic acids is 2. The average Bonchev–Trinajstić information content (AvgIpc) is 2.90. The summed E-state index contributed by atoms with van der Waals surface area (Å²) < 4.78 is 11.7. The van der Waals surface area contributed by atoms with Gasteiger partial charge >= 0.3 is 0 Å². The summed E-state index contributed by atoms with van der Waals surface area (Å²) in [6, 6.07) is 15.5. The van der Waals surface area contributed by atoms with E-state index in [0.717, 1.165) is 11.3 Å². The van der Waals surface area contributed by atoms with E-state index in [0.29, 0.717) is 50.0 Å². The summed E-state index contributed by atoms with van der Waals surface area (Å²) in [7, 11) is 0. The minimum Gasteiger partial charge on any atom is -0.490 e. The van der Waals surface area contributed by atoms with Crippen LogP contribution in [0.3, 0.4) is 0 Å². The van der Waals surface area contributed by atoms with Crippen LogP contribution in [0.5, 0.6) is 5.75 Å². The van der Waals surface area contributed by atoms with Crippen molar-refractivity contribution in [2.75, 3.05) is 36.6 Å². The van der Waals surface area contributed by atoms with Crippen LogP contribution in [0.2, 0.25) is 0 Å². The quantitative estimate of drug-likeness (QED) is 0.712. The van der Waals surface area contributed by atoms with Gasteiger partial charge in [-0.25, -0.2) is 0 Å². The van der Waals surface area contributed by atoms with Crippen LogP contribution in [0.15, 0.2) is 48.5 Å². The number of carbonyl (C=O) groups is 2. The molecule has 4 rings (SSSR count). The van der Waals surface area contributed by atoms with Crippen LogP contribution in [0.4, 0.5) is 11.4 Å². The van der Waals surface area contributed by atoms with Crippen molar-refractivity contribution in [2.24, 2.45) is 11.3 Å². The maximum Gasteiger partial charge on any atom is 0.236 e. The van der Waals surface area contributed by atoms with Gasteiger partial charge in [0.15, 0.2) is 0 Å². The van der Waals surface area contributed by atoms with E-state index >= 15 is 0 Å². The van der Waals surface area contributed by atoms with Crippen LogP contribution >= 0.6 is 0 Å². The second-order valence-corrected chi connectivity index (χ2v) is 10.2. The molecule has 0 unspecified atom stereocenters. The third kappa shape index (κ3) is 4.62. The summed E-state index contributed by atoms with van der Waals surface area (Å²) in [6.45, 7) is 10.0. The number of hydrogen-bond acceptors (Lipinski definition) is 4. The van der Waals surface area contributed by atoms with E-state index < -0.39 is 10.8 Å². The Kier molecular flexibility index (Phi) is 6.48. The highest BCUT2D eigenvalue weighted by Gasteiger charge is 2.42. The molecule has 2 aromatic carbocycles. The maximum atomic E-state index is 13.6. The third-order valence-corrected chi connectivity index (χ3v) is 6.58. The number of rotatable bonds is 5. The number of anilines is 2. The molecule has 2 aliphatic rings. The number of nitrogens with one attached hydrogen (secondary N) is 1. The molecule has 0 saturated carbocycles. The number of benzene rings is 2. The summed E-state index contributed by atoms with van der Waals surface area (Å²) in [5.41, 5.74) is 1.16. The lowest BCUT2D eigenvalue weighted by Crippen LogP contribution is -2.44. The first-order valence-electron chi connectivity index (χ1n) is 11.8. The van der Waals surface area contributed by atoms with E-state index in [1.54, 1.807) is 0 Å². The third-order valence-electron chi connectivity index (χ3n) is 6.58. The van der Waals surface area contributed by atoms with Crippen LogP contribution in [-0.2, 0) is 19.7 Å². The van der Waals surface area contributed by atoms with Gasteiger partial charge in [-0.3, -0.25) is 9.59 Å². The Bertz CT molecular complexity index is 1010. The van der Waals surface area contributed by atoms with Crippen molar-refractivity contribution < 1.29 is 19.1 Å². The van der Waals surface area contributed by atoms with Gasteiger partial charge in [-0.05, 0) is 50.3 Å². The molecule has 6 heteroatoms. The smallest absolute Gasteiger partial charge is 0.236 e. The minimum atomic E-state index is -0.630. The first-order valence-corrected chi connectivity index (χ1v) is 11.8. The Morgan fingerprint density at radius 2 is 1.79 bits per heavy atom. The van der Waals surface area contributed by atoms with Crippen molar-refractivity contribution in [3.8, 4) is 5.75 Å². The van der Waals surface area contributed by atoms with Gasteiger partial charge in [0.2, 0.25) is 11.8 Å². The highest BCUT2D eigenvalue weighted by atomic mass is 16.5. The summed E-state index contributed by atoms with van der Waals surface area (Å²) in [4.78, 5) is 28.6. The first kappa shape index (κ1) is 23.3. The van der Waals surface area contributed by atoms with E-state index in [2.05, 4.69) is 19.2 Å². The zero-order valence-electron chi connectivity index (χ0n) is 20.0. The monoisotopic (exact) mass is 450 g/mol. The van der Waals surface area contributed by atoms with Crippen LogP contribution in [0, 0.1) is 11.3 Å². The first-order chi connectivity index (χ1) is 15.7. The highest BCUT2D eigenvalue weighted by Crippen LogP contribution is 2.40. The second-order valence-electron chi connectivity index (χ2n) is 10.2. The van der Waals surface area contributed by atoms with Crippen LogP contribution in [0.1, 0.15) is 46.1 Å². The Morgan fingerprint density at radius 3 is 2.45 bits per heavy atom. The molecule has 1 fully saturated rings. The Balaban J connectivity index is 1.64. The molecule has 1 N–H and O–H groups in total. The molecule has 0 radical (unpaired) electrons. The largest absolute Gasteiger partial charge is 0.490 e. The van der Waals surface area contributed by atoms with Gasteiger partial charge in [-0.2, -0.15) is 0 Å². The predicted octanol–water partition coefficient (Wildman–Crippen LogP) is 4.78. The molecular weight excluding hydrogens is 416 g/mol. The van der Waals surface area contributed by atoms with Crippen molar-refractivity contribution >= 4 is 23.2 Å². The number of nitrogens with zero attached hydrogens (tertiary/aromatic N) is 1. The maximum absolute atomic E-state index is 13.6. The molecule has 33 heavy (non-hydrogen) atoms. The van der Waals surface area contributed by atoms with Gasteiger partial charge in [0.25, 0.3) is 0 Å². The van der Waals surface area contributed by atoms with Gasteiger partial charge in [-0.1, -0.05) is 44.2 Å². The Morgan fingerprint density at radius 1 is 1.09 bits per heavy atom. The van der Waals surface area contributed by atoms with Crippen molar-refractivity contribution in [3.05, 3.63) is 54.1 Å². The van der Waals surface area contributed by atoms with E-state index in [1.165, 1.54) is 0 Å². The lowest BCUT2D eigenvalue weighted by atomic mass is 9.73. The molecular formula is C27H34N2O4. The molecule has 2 aliphatic heterocycles. The lowest BCUT2D eigenvalue weighted by molar-refractivity contribution is -0.127. The second kappa shape index (κ2) is 9.18. The molecule has 0 atom stereocenters. The van der Waals surface area contributed by atoms with E-state index in [-0.39, 0.29) is 18.4 Å². The fourth-order valence-electron chi connectivity index (χ4n) is 4.65. The molecule has 2 heterocycles. The number of ether oxygens (including phenoxy) is 2. The minimum absolute atomic E-state index is 0.0407. The molecule has 0 spiro atoms. The van der Waals surface area contributed by atoms with Gasteiger partial charge in [0.05, 0.1) is 16.5 Å². The number of hydrogen-bond donors (Lipinski definition) is 1. The average molecular weight is 451 g/mol. The molecule has 0 aliphatic carbocycles. The highest BCUT2D eigenvalue weighted by molar-refractivity contribution is 6.02. The number of fused-ring (bicyclic) bond motifs is 1. The lowest BCUT2D eigenvalue weighted by Gasteiger charge is -2.36. The topological polar surface area (TPSA) is 67.9 Å². The van der Waals surface area contributed by atoms with Crippen molar-refractivity contribution in [3.63, 3.8) is 0 Å². The number of amides is 2. The predicted molar refractivity (Wildman–Crippen MR) is 130 cm³/mol. The summed E-state index contributed by atoms with van der Waals surface area (Å²) >= 11 is 0. The molecule has 0 bridgehead atoms. The van der Waals surface area contributed by atoms with Crippen LogP contribution in [0.25, 0.3) is 0 Å². The van der Waals surface area contributed by atoms with Crippen molar-refractivity contribution in [1.29, 1.82) is 0 Å². The fourth-order valence-corrected chi connectivity index (χ4v) is 4.65. The van der Waals surface area contributed by atoms with Crippen LogP contribution < -0.4 is 15.0 Å². The fraction of sp³-hybridized carbons (Fsp3) is 0.481. The standard InChI is InChI=1S/C27H34N2O4/c1-19(2)17-29-22-11-10-21(16-23(22)33-18-26(3,4)25(29)31)28-24(30)27(12-14-32-15-13-27)20-8-6-5-7-9-20/h5-11,16,19H,12-15,17-18H2,1-4H3,(H,28,30). The zero-order chi connectivity index (χ0) is 23.6.